The van der Waals surface area contributed by atoms with Gasteiger partial charge in [-0.1, -0.05) is 6.92 Å². The number of hydrogen-bond acceptors (Lipinski definition) is 4. The van der Waals surface area contributed by atoms with Crippen LogP contribution in [0.15, 0.2) is 0 Å². The van der Waals surface area contributed by atoms with Gasteiger partial charge < -0.3 is 14.8 Å². The maximum atomic E-state index is 13.8. The standard InChI is InChI=1S/C13H18F7NO4/c1-6(11(14,15)12(16,17)13(18,19)20)7(21-9(23)24-5)8(22)25-10(2,3)4/h6-7H,1-5H3,(H,21,23). The van der Waals surface area contributed by atoms with Gasteiger partial charge in [-0.2, -0.15) is 30.7 Å². The van der Waals surface area contributed by atoms with Crippen LogP contribution >= 0.6 is 0 Å². The Bertz CT molecular complexity index is 500. The molecule has 0 aromatic rings. The lowest BCUT2D eigenvalue weighted by Crippen LogP contribution is -2.61. The summed E-state index contributed by atoms with van der Waals surface area (Å²) in [4.78, 5) is 23.1. The molecule has 12 heteroatoms. The van der Waals surface area contributed by atoms with Gasteiger partial charge in [-0.3, -0.25) is 0 Å². The molecule has 0 bridgehead atoms. The van der Waals surface area contributed by atoms with Crippen molar-refractivity contribution in [2.75, 3.05) is 7.11 Å². The van der Waals surface area contributed by atoms with Gasteiger partial charge in [0.1, 0.15) is 11.6 Å². The monoisotopic (exact) mass is 385 g/mol. The summed E-state index contributed by atoms with van der Waals surface area (Å²) < 4.78 is 99.6. The van der Waals surface area contributed by atoms with Crippen molar-refractivity contribution in [3.8, 4) is 0 Å². The van der Waals surface area contributed by atoms with Crippen molar-refractivity contribution < 1.29 is 49.8 Å². The van der Waals surface area contributed by atoms with Crippen molar-refractivity contribution in [1.82, 2.24) is 5.32 Å². The second kappa shape index (κ2) is 7.24. The van der Waals surface area contributed by atoms with Crippen molar-refractivity contribution in [1.29, 1.82) is 0 Å². The van der Waals surface area contributed by atoms with Crippen LogP contribution in [0.2, 0.25) is 0 Å². The SMILES string of the molecule is COC(=O)NC(C(=O)OC(C)(C)C)C(C)C(F)(F)C(F)(F)C(F)(F)F. The van der Waals surface area contributed by atoms with Crippen molar-refractivity contribution in [2.45, 2.75) is 57.4 Å². The van der Waals surface area contributed by atoms with E-state index >= 15 is 0 Å². The molecule has 0 rings (SSSR count). The minimum atomic E-state index is -6.57. The first kappa shape index (κ1) is 23.2. The van der Waals surface area contributed by atoms with Crippen LogP contribution in [-0.4, -0.2) is 48.8 Å². The van der Waals surface area contributed by atoms with Gasteiger partial charge in [0.15, 0.2) is 0 Å². The van der Waals surface area contributed by atoms with E-state index in [-0.39, 0.29) is 6.92 Å². The zero-order chi connectivity index (χ0) is 20.4. The number of halogens is 7. The first-order chi connectivity index (χ1) is 10.9. The van der Waals surface area contributed by atoms with E-state index in [0.29, 0.717) is 0 Å². The summed E-state index contributed by atoms with van der Waals surface area (Å²) in [6, 6.07) is -2.52. The molecule has 0 aromatic heterocycles. The highest BCUT2D eigenvalue weighted by molar-refractivity contribution is 5.82. The zero-order valence-corrected chi connectivity index (χ0v) is 13.9. The van der Waals surface area contributed by atoms with E-state index in [0.717, 1.165) is 7.11 Å². The molecule has 0 radical (unpaired) electrons. The lowest BCUT2D eigenvalue weighted by atomic mass is 9.89. The van der Waals surface area contributed by atoms with Crippen LogP contribution in [0.4, 0.5) is 35.5 Å². The second-order valence-electron chi connectivity index (χ2n) is 6.13. The highest BCUT2D eigenvalue weighted by Gasteiger charge is 2.75. The summed E-state index contributed by atoms with van der Waals surface area (Å²) in [6.45, 7) is 4.15. The van der Waals surface area contributed by atoms with E-state index in [1.807, 2.05) is 0 Å². The largest absolute Gasteiger partial charge is 0.459 e. The van der Waals surface area contributed by atoms with Crippen molar-refractivity contribution >= 4 is 12.1 Å². The lowest BCUT2D eigenvalue weighted by Gasteiger charge is -2.36. The summed E-state index contributed by atoms with van der Waals surface area (Å²) in [5.41, 5.74) is -1.28. The zero-order valence-electron chi connectivity index (χ0n) is 13.9. The molecule has 1 amide bonds. The smallest absolute Gasteiger partial charge is 0.458 e. The molecule has 0 aliphatic heterocycles. The van der Waals surface area contributed by atoms with Crippen LogP contribution < -0.4 is 5.32 Å². The fraction of sp³-hybridized carbons (Fsp3) is 0.846. The number of rotatable bonds is 5. The molecule has 0 saturated heterocycles. The van der Waals surface area contributed by atoms with E-state index in [9.17, 15) is 40.3 Å². The van der Waals surface area contributed by atoms with Gasteiger partial charge in [0, 0.05) is 0 Å². The van der Waals surface area contributed by atoms with Crippen molar-refractivity contribution in [3.05, 3.63) is 0 Å². The molecule has 0 aliphatic carbocycles. The Hall–Kier alpha value is -1.75. The number of alkyl halides is 7. The molecular weight excluding hydrogens is 367 g/mol. The quantitative estimate of drug-likeness (QED) is 0.581. The molecule has 25 heavy (non-hydrogen) atoms. The number of methoxy groups -OCH3 is 1. The van der Waals surface area contributed by atoms with Gasteiger partial charge in [0.2, 0.25) is 0 Å². The van der Waals surface area contributed by atoms with Gasteiger partial charge in [0.05, 0.1) is 13.0 Å². The van der Waals surface area contributed by atoms with E-state index in [4.69, 9.17) is 4.74 Å². The van der Waals surface area contributed by atoms with Crippen molar-refractivity contribution in [3.63, 3.8) is 0 Å². The number of ether oxygens (including phenoxy) is 2. The number of esters is 1. The highest BCUT2D eigenvalue weighted by atomic mass is 19.4. The summed E-state index contributed by atoms with van der Waals surface area (Å²) in [7, 11) is 0.772. The molecule has 2 unspecified atom stereocenters. The van der Waals surface area contributed by atoms with Crippen LogP contribution in [-0.2, 0) is 14.3 Å². The normalized spacial score (nSPS) is 16.0. The number of carbonyl (C=O) groups excluding carboxylic acids is 2. The molecule has 2 atom stereocenters. The number of nitrogens with one attached hydrogen (secondary N) is 1. The van der Waals surface area contributed by atoms with Gasteiger partial charge >= 0.3 is 30.1 Å². The molecule has 1 N–H and O–H groups in total. The third-order valence-corrected chi connectivity index (χ3v) is 2.97. The molecule has 148 valence electrons. The van der Waals surface area contributed by atoms with Crippen LogP contribution in [0.3, 0.4) is 0 Å². The minimum Gasteiger partial charge on any atom is -0.458 e. The lowest BCUT2D eigenvalue weighted by molar-refractivity contribution is -0.365. The molecule has 0 aliphatic rings. The van der Waals surface area contributed by atoms with Crippen molar-refractivity contribution in [2.24, 2.45) is 5.92 Å². The maximum Gasteiger partial charge on any atom is 0.459 e. The Morgan fingerprint density at radius 3 is 1.72 bits per heavy atom. The summed E-state index contributed by atoms with van der Waals surface area (Å²) in [5, 5.41) is 1.50. The first-order valence-corrected chi connectivity index (χ1v) is 6.78. The fourth-order valence-electron chi connectivity index (χ4n) is 1.62. The summed E-state index contributed by atoms with van der Waals surface area (Å²) in [5.74, 6) is -16.8. The fourth-order valence-corrected chi connectivity index (χ4v) is 1.62. The van der Waals surface area contributed by atoms with Crippen LogP contribution in [0.5, 0.6) is 0 Å². The average Bonchev–Trinajstić information content (AvgIpc) is 2.40. The Labute approximate surface area is 138 Å². The Morgan fingerprint density at radius 2 is 1.40 bits per heavy atom. The predicted octanol–water partition coefficient (Wildman–Crippen LogP) is 3.52. The van der Waals surface area contributed by atoms with Gasteiger partial charge in [-0.05, 0) is 20.8 Å². The van der Waals surface area contributed by atoms with E-state index in [1.165, 1.54) is 26.1 Å². The first-order valence-electron chi connectivity index (χ1n) is 6.78. The molecule has 0 saturated carbocycles. The van der Waals surface area contributed by atoms with Gasteiger partial charge in [-0.25, -0.2) is 9.59 Å². The molecule has 0 aromatic carbocycles. The predicted molar refractivity (Wildman–Crippen MR) is 70.3 cm³/mol. The number of carbonyl (C=O) groups is 2. The molecule has 0 fully saturated rings. The number of alkyl carbamates (subject to hydrolysis) is 1. The molecule has 0 heterocycles. The number of hydrogen-bond donors (Lipinski definition) is 1. The van der Waals surface area contributed by atoms with Crippen LogP contribution in [0.25, 0.3) is 0 Å². The molecule has 5 nitrogen and oxygen atoms in total. The van der Waals surface area contributed by atoms with E-state index < -0.39 is 47.6 Å². The van der Waals surface area contributed by atoms with Crippen LogP contribution in [0, 0.1) is 5.92 Å². The Balaban J connectivity index is 5.85. The number of amides is 1. The third kappa shape index (κ3) is 5.36. The Morgan fingerprint density at radius 1 is 0.960 bits per heavy atom. The van der Waals surface area contributed by atoms with Gasteiger partial charge in [0.25, 0.3) is 0 Å². The molecule has 0 spiro atoms. The third-order valence-electron chi connectivity index (χ3n) is 2.97. The topological polar surface area (TPSA) is 64.6 Å². The Kier molecular flexibility index (Phi) is 6.73. The second-order valence-corrected chi connectivity index (χ2v) is 6.13. The summed E-state index contributed by atoms with van der Waals surface area (Å²) in [6.07, 6.45) is -8.07. The van der Waals surface area contributed by atoms with E-state index in [1.54, 1.807) is 0 Å². The molecular formula is C13H18F7NO4. The van der Waals surface area contributed by atoms with E-state index in [2.05, 4.69) is 4.74 Å². The average molecular weight is 385 g/mol. The van der Waals surface area contributed by atoms with Gasteiger partial charge in [-0.15, -0.1) is 0 Å². The highest BCUT2D eigenvalue weighted by Crippen LogP contribution is 2.50. The maximum absolute atomic E-state index is 13.8. The minimum absolute atomic E-state index is 0.254. The van der Waals surface area contributed by atoms with Crippen LogP contribution in [0.1, 0.15) is 27.7 Å². The summed E-state index contributed by atoms with van der Waals surface area (Å²) >= 11 is 0.